The van der Waals surface area contributed by atoms with Crippen molar-refractivity contribution in [2.24, 2.45) is 0 Å². The van der Waals surface area contributed by atoms with Crippen molar-refractivity contribution in [2.75, 3.05) is 5.32 Å². The van der Waals surface area contributed by atoms with E-state index in [9.17, 15) is 5.11 Å². The molecule has 1 aliphatic rings. The predicted octanol–water partition coefficient (Wildman–Crippen LogP) is 3.94. The van der Waals surface area contributed by atoms with Gasteiger partial charge in [0.25, 0.3) is 0 Å². The lowest BCUT2D eigenvalue weighted by atomic mass is 9.97. The Morgan fingerprint density at radius 3 is 2.47 bits per heavy atom. The van der Waals surface area contributed by atoms with Gasteiger partial charge >= 0.3 is 0 Å². The van der Waals surface area contributed by atoms with Crippen LogP contribution in [0, 0.1) is 0 Å². The molecule has 1 heterocycles. The Hall–Kier alpha value is -0.770. The van der Waals surface area contributed by atoms with Crippen LogP contribution in [0.5, 0.6) is 5.88 Å². The quantitative estimate of drug-likeness (QED) is 0.859. The number of thiazole rings is 1. The number of anilines is 1. The van der Waals surface area contributed by atoms with Crippen LogP contribution in [0.1, 0.15) is 56.7 Å². The maximum atomic E-state index is 9.62. The fraction of sp³-hybridized carbons (Fsp3) is 0.769. The van der Waals surface area contributed by atoms with E-state index in [2.05, 4.69) is 10.3 Å². The van der Waals surface area contributed by atoms with Gasteiger partial charge in [0.1, 0.15) is 0 Å². The molecule has 1 aromatic rings. The van der Waals surface area contributed by atoms with Crippen LogP contribution in [0.2, 0.25) is 0 Å². The number of hydrogen-bond donors (Lipinski definition) is 2. The molecule has 0 radical (unpaired) electrons. The molecule has 96 valence electrons. The average Bonchev–Trinajstić information content (AvgIpc) is 2.62. The lowest BCUT2D eigenvalue weighted by molar-refractivity contribution is 0.450. The molecule has 1 saturated carbocycles. The van der Waals surface area contributed by atoms with Crippen LogP contribution >= 0.6 is 11.3 Å². The number of hydrogen-bond acceptors (Lipinski definition) is 4. The Morgan fingerprint density at radius 2 is 1.88 bits per heavy atom. The molecule has 0 atom stereocenters. The summed E-state index contributed by atoms with van der Waals surface area (Å²) in [4.78, 5) is 5.18. The Balaban J connectivity index is 1.93. The van der Waals surface area contributed by atoms with Gasteiger partial charge in [0.15, 0.2) is 5.13 Å². The van der Waals surface area contributed by atoms with Crippen LogP contribution < -0.4 is 5.32 Å². The highest BCUT2D eigenvalue weighted by Crippen LogP contribution is 2.30. The van der Waals surface area contributed by atoms with Crippen LogP contribution in [0.15, 0.2) is 0 Å². The minimum Gasteiger partial charge on any atom is -0.492 e. The highest BCUT2D eigenvalue weighted by molar-refractivity contribution is 7.15. The number of aryl methyl sites for hydroxylation is 1. The molecule has 0 saturated heterocycles. The molecule has 0 aromatic carbocycles. The molecule has 0 unspecified atom stereocenters. The summed E-state index contributed by atoms with van der Waals surface area (Å²) in [5.74, 6) is 0.214. The second-order valence-corrected chi connectivity index (χ2v) is 5.89. The monoisotopic (exact) mass is 254 g/mol. The maximum absolute atomic E-state index is 9.62. The molecule has 1 aromatic heterocycles. The number of aromatic nitrogens is 1. The standard InChI is InChI=1S/C13H22N2OS/c1-2-11-12(16)15-13(17-11)14-10-8-6-4-3-5-7-9-10/h10,16H,2-9H2,1H3,(H,14,15). The van der Waals surface area contributed by atoms with Crippen LogP contribution in [0.3, 0.4) is 0 Å². The molecule has 2 N–H and O–H groups in total. The maximum Gasteiger partial charge on any atom is 0.227 e. The first-order valence-corrected chi connectivity index (χ1v) is 7.56. The minimum absolute atomic E-state index is 0.214. The molecule has 0 spiro atoms. The minimum atomic E-state index is 0.214. The van der Waals surface area contributed by atoms with Gasteiger partial charge in [0, 0.05) is 6.04 Å². The van der Waals surface area contributed by atoms with Crippen molar-refractivity contribution in [2.45, 2.75) is 64.3 Å². The second-order valence-electron chi connectivity index (χ2n) is 4.81. The molecule has 0 bridgehead atoms. The average molecular weight is 254 g/mol. The molecule has 1 aliphatic carbocycles. The zero-order valence-corrected chi connectivity index (χ0v) is 11.4. The number of aromatic hydroxyl groups is 1. The van der Waals surface area contributed by atoms with E-state index in [0.717, 1.165) is 16.4 Å². The van der Waals surface area contributed by atoms with Crippen LogP contribution in [-0.2, 0) is 6.42 Å². The highest BCUT2D eigenvalue weighted by Gasteiger charge is 2.14. The van der Waals surface area contributed by atoms with Crippen molar-refractivity contribution >= 4 is 16.5 Å². The molecule has 4 heteroatoms. The summed E-state index contributed by atoms with van der Waals surface area (Å²) in [6.45, 7) is 2.05. The zero-order chi connectivity index (χ0) is 12.1. The first kappa shape index (κ1) is 12.7. The van der Waals surface area contributed by atoms with E-state index in [4.69, 9.17) is 0 Å². The Morgan fingerprint density at radius 1 is 1.24 bits per heavy atom. The van der Waals surface area contributed by atoms with Crippen molar-refractivity contribution in [1.82, 2.24) is 4.98 Å². The van der Waals surface area contributed by atoms with Gasteiger partial charge in [-0.2, -0.15) is 4.98 Å². The smallest absolute Gasteiger partial charge is 0.227 e. The Bertz CT molecular complexity index is 343. The molecule has 0 aliphatic heterocycles. The van der Waals surface area contributed by atoms with Gasteiger partial charge in [0.05, 0.1) is 4.88 Å². The molecule has 3 nitrogen and oxygen atoms in total. The largest absolute Gasteiger partial charge is 0.492 e. The number of nitrogens with one attached hydrogen (secondary N) is 1. The van der Waals surface area contributed by atoms with Crippen molar-refractivity contribution in [3.63, 3.8) is 0 Å². The van der Waals surface area contributed by atoms with E-state index in [0.29, 0.717) is 6.04 Å². The number of rotatable bonds is 3. The van der Waals surface area contributed by atoms with Crippen LogP contribution in [-0.4, -0.2) is 16.1 Å². The summed E-state index contributed by atoms with van der Waals surface area (Å²) >= 11 is 1.59. The first-order chi connectivity index (χ1) is 8.29. The van der Waals surface area contributed by atoms with Gasteiger partial charge in [-0.05, 0) is 19.3 Å². The van der Waals surface area contributed by atoms with Crippen molar-refractivity contribution in [3.05, 3.63) is 4.88 Å². The Kier molecular flexibility index (Phi) is 4.66. The Labute approximate surface area is 107 Å². The SMILES string of the molecule is CCc1sc(NC2CCCCCCC2)nc1O. The molecule has 17 heavy (non-hydrogen) atoms. The fourth-order valence-electron chi connectivity index (χ4n) is 2.41. The van der Waals surface area contributed by atoms with E-state index >= 15 is 0 Å². The second kappa shape index (κ2) is 6.24. The topological polar surface area (TPSA) is 45.2 Å². The van der Waals surface area contributed by atoms with Gasteiger partial charge in [-0.15, -0.1) is 0 Å². The van der Waals surface area contributed by atoms with Crippen molar-refractivity contribution in [3.8, 4) is 5.88 Å². The first-order valence-electron chi connectivity index (χ1n) is 6.74. The third-order valence-electron chi connectivity index (χ3n) is 3.43. The van der Waals surface area contributed by atoms with Crippen molar-refractivity contribution in [1.29, 1.82) is 0 Å². The third-order valence-corrected chi connectivity index (χ3v) is 4.55. The summed E-state index contributed by atoms with van der Waals surface area (Å²) in [5, 5.41) is 14.0. The van der Waals surface area contributed by atoms with E-state index in [-0.39, 0.29) is 5.88 Å². The number of nitrogens with zero attached hydrogens (tertiary/aromatic N) is 1. The lowest BCUT2D eigenvalue weighted by Crippen LogP contribution is -2.20. The lowest BCUT2D eigenvalue weighted by Gasteiger charge is -2.20. The zero-order valence-electron chi connectivity index (χ0n) is 10.5. The fourth-order valence-corrected chi connectivity index (χ4v) is 3.28. The summed E-state index contributed by atoms with van der Waals surface area (Å²) in [5.41, 5.74) is 0. The van der Waals surface area contributed by atoms with Crippen molar-refractivity contribution < 1.29 is 5.11 Å². The normalized spacial score (nSPS) is 18.6. The molecule has 1 fully saturated rings. The summed E-state index contributed by atoms with van der Waals surface area (Å²) < 4.78 is 0. The van der Waals surface area contributed by atoms with Gasteiger partial charge in [-0.3, -0.25) is 0 Å². The molecule has 2 rings (SSSR count). The summed E-state index contributed by atoms with van der Waals surface area (Å²) in [6, 6.07) is 0.547. The van der Waals surface area contributed by atoms with E-state index in [1.54, 1.807) is 11.3 Å². The van der Waals surface area contributed by atoms with Gasteiger partial charge in [-0.1, -0.05) is 50.4 Å². The summed E-state index contributed by atoms with van der Waals surface area (Å²) in [6.07, 6.45) is 10.1. The molecular weight excluding hydrogens is 232 g/mol. The predicted molar refractivity (Wildman–Crippen MR) is 72.9 cm³/mol. The van der Waals surface area contributed by atoms with Crippen LogP contribution in [0.4, 0.5) is 5.13 Å². The van der Waals surface area contributed by atoms with Crippen LogP contribution in [0.25, 0.3) is 0 Å². The van der Waals surface area contributed by atoms with E-state index in [1.165, 1.54) is 44.9 Å². The molecule has 0 amide bonds. The third kappa shape index (κ3) is 3.60. The summed E-state index contributed by atoms with van der Waals surface area (Å²) in [7, 11) is 0. The molecular formula is C13H22N2OS. The van der Waals surface area contributed by atoms with Gasteiger partial charge in [-0.25, -0.2) is 0 Å². The van der Waals surface area contributed by atoms with Gasteiger partial charge in [0.2, 0.25) is 5.88 Å². The van der Waals surface area contributed by atoms with E-state index < -0.39 is 0 Å². The van der Waals surface area contributed by atoms with Gasteiger partial charge < -0.3 is 10.4 Å². The van der Waals surface area contributed by atoms with E-state index in [1.807, 2.05) is 6.92 Å². The highest BCUT2D eigenvalue weighted by atomic mass is 32.1.